The zero-order chi connectivity index (χ0) is 14.6. The third-order valence-corrected chi connectivity index (χ3v) is 2.57. The van der Waals surface area contributed by atoms with Crippen molar-refractivity contribution >= 4 is 11.7 Å². The van der Waals surface area contributed by atoms with Crippen molar-refractivity contribution in [2.75, 3.05) is 6.54 Å². The lowest BCUT2D eigenvalue weighted by atomic mass is 10.1. The fourth-order valence-corrected chi connectivity index (χ4v) is 1.52. The van der Waals surface area contributed by atoms with Gasteiger partial charge in [0, 0.05) is 11.6 Å². The predicted octanol–water partition coefficient (Wildman–Crippen LogP) is 0.695. The molecule has 0 fully saturated rings. The molecule has 0 aliphatic carbocycles. The maximum atomic E-state index is 12.2. The molecule has 0 bridgehead atoms. The monoisotopic (exact) mass is 267 g/mol. The lowest BCUT2D eigenvalue weighted by Crippen LogP contribution is -2.42. The number of hydrogen-bond acceptors (Lipinski definition) is 5. The van der Waals surface area contributed by atoms with Crippen LogP contribution >= 0.6 is 0 Å². The lowest BCUT2D eigenvalue weighted by Gasteiger charge is -2.26. The highest BCUT2D eigenvalue weighted by molar-refractivity contribution is 5.97. The molecular formula is C12H17N3O4. The van der Waals surface area contributed by atoms with Crippen molar-refractivity contribution in [1.82, 2.24) is 4.90 Å². The van der Waals surface area contributed by atoms with Gasteiger partial charge in [-0.15, -0.1) is 0 Å². The number of nitrogens with zero attached hydrogens (tertiary/aromatic N) is 2. The minimum absolute atomic E-state index is 0.0331. The molecular weight excluding hydrogens is 250 g/mol. The van der Waals surface area contributed by atoms with Gasteiger partial charge in [-0.05, 0) is 32.0 Å². The van der Waals surface area contributed by atoms with Gasteiger partial charge in [-0.2, -0.15) is 0 Å². The summed E-state index contributed by atoms with van der Waals surface area (Å²) in [6, 6.07) is 3.60. The number of benzene rings is 1. The van der Waals surface area contributed by atoms with Crippen LogP contribution in [0.3, 0.4) is 0 Å². The smallest absolute Gasteiger partial charge is 0.254 e. The zero-order valence-corrected chi connectivity index (χ0v) is 10.7. The minimum atomic E-state index is -0.392. The molecule has 0 saturated carbocycles. The largest absolute Gasteiger partial charge is 0.504 e. The summed E-state index contributed by atoms with van der Waals surface area (Å²) in [6.45, 7) is 3.53. The number of phenolic OH excluding ortho intramolecular Hbond substituents is 2. The van der Waals surface area contributed by atoms with Gasteiger partial charge in [0.15, 0.2) is 17.3 Å². The molecule has 7 heteroatoms. The molecule has 0 aromatic heterocycles. The number of amides is 1. The highest BCUT2D eigenvalue weighted by atomic mass is 16.4. The first-order chi connectivity index (χ1) is 8.86. The molecule has 1 aromatic carbocycles. The van der Waals surface area contributed by atoms with E-state index >= 15 is 0 Å². The molecule has 1 aromatic rings. The van der Waals surface area contributed by atoms with E-state index in [0.29, 0.717) is 0 Å². The molecule has 0 aliphatic rings. The van der Waals surface area contributed by atoms with E-state index in [-0.39, 0.29) is 35.5 Å². The average molecular weight is 267 g/mol. The van der Waals surface area contributed by atoms with Crippen molar-refractivity contribution in [2.24, 2.45) is 10.9 Å². The first kappa shape index (κ1) is 14.6. The van der Waals surface area contributed by atoms with Crippen molar-refractivity contribution in [1.29, 1.82) is 0 Å². The molecule has 1 rings (SSSR count). The third-order valence-electron chi connectivity index (χ3n) is 2.57. The number of aromatic hydroxyl groups is 2. The highest BCUT2D eigenvalue weighted by Crippen LogP contribution is 2.25. The van der Waals surface area contributed by atoms with Crippen LogP contribution in [0.2, 0.25) is 0 Å². The van der Waals surface area contributed by atoms with Crippen LogP contribution < -0.4 is 5.73 Å². The molecule has 5 N–H and O–H groups in total. The standard InChI is InChI=1S/C12H17N3O4/c1-7(2)15(6-11(13)14-19)12(18)8-3-4-9(16)10(17)5-8/h3-5,7,16-17,19H,6H2,1-2H3,(H2,13,14). The Labute approximate surface area is 110 Å². The quantitative estimate of drug-likeness (QED) is 0.210. The molecule has 0 aliphatic heterocycles. The van der Waals surface area contributed by atoms with Crippen molar-refractivity contribution in [3.63, 3.8) is 0 Å². The number of rotatable bonds is 4. The highest BCUT2D eigenvalue weighted by Gasteiger charge is 2.20. The van der Waals surface area contributed by atoms with Crippen molar-refractivity contribution < 1.29 is 20.2 Å². The average Bonchev–Trinajstić information content (AvgIpc) is 2.37. The molecule has 19 heavy (non-hydrogen) atoms. The number of oxime groups is 1. The number of carbonyl (C=O) groups excluding carboxylic acids is 1. The van der Waals surface area contributed by atoms with Gasteiger partial charge in [0.1, 0.15) is 0 Å². The predicted molar refractivity (Wildman–Crippen MR) is 69.4 cm³/mol. The van der Waals surface area contributed by atoms with Gasteiger partial charge < -0.3 is 26.1 Å². The van der Waals surface area contributed by atoms with E-state index in [1.165, 1.54) is 23.1 Å². The Morgan fingerprint density at radius 3 is 2.47 bits per heavy atom. The summed E-state index contributed by atoms with van der Waals surface area (Å²) in [7, 11) is 0. The second kappa shape index (κ2) is 5.94. The van der Waals surface area contributed by atoms with E-state index < -0.39 is 5.91 Å². The summed E-state index contributed by atoms with van der Waals surface area (Å²) in [5.74, 6) is -1.16. The number of hydrogen-bond donors (Lipinski definition) is 4. The first-order valence-corrected chi connectivity index (χ1v) is 5.66. The number of carbonyl (C=O) groups is 1. The second-order valence-electron chi connectivity index (χ2n) is 4.32. The van der Waals surface area contributed by atoms with Gasteiger partial charge in [0.25, 0.3) is 5.91 Å². The Morgan fingerprint density at radius 1 is 1.37 bits per heavy atom. The molecule has 7 nitrogen and oxygen atoms in total. The zero-order valence-electron chi connectivity index (χ0n) is 10.7. The second-order valence-corrected chi connectivity index (χ2v) is 4.32. The number of nitrogens with two attached hydrogens (primary N) is 1. The van der Waals surface area contributed by atoms with Crippen LogP contribution in [0.1, 0.15) is 24.2 Å². The van der Waals surface area contributed by atoms with Crippen LogP contribution in [0.15, 0.2) is 23.4 Å². The third kappa shape index (κ3) is 3.51. The van der Waals surface area contributed by atoms with Gasteiger partial charge in [-0.25, -0.2) is 0 Å². The molecule has 0 radical (unpaired) electrons. The van der Waals surface area contributed by atoms with Gasteiger partial charge in [-0.1, -0.05) is 5.16 Å². The maximum absolute atomic E-state index is 12.2. The van der Waals surface area contributed by atoms with E-state index in [1.54, 1.807) is 13.8 Å². The van der Waals surface area contributed by atoms with Crippen molar-refractivity contribution in [3.8, 4) is 11.5 Å². The fourth-order valence-electron chi connectivity index (χ4n) is 1.52. The number of amidine groups is 1. The molecule has 0 saturated heterocycles. The Morgan fingerprint density at radius 2 is 2.00 bits per heavy atom. The van der Waals surface area contributed by atoms with E-state index in [4.69, 9.17) is 10.9 Å². The minimum Gasteiger partial charge on any atom is -0.504 e. The Balaban J connectivity index is 3.02. The van der Waals surface area contributed by atoms with Crippen LogP contribution in [0.25, 0.3) is 0 Å². The van der Waals surface area contributed by atoms with E-state index in [0.717, 1.165) is 0 Å². The molecule has 0 unspecified atom stereocenters. The van der Waals surface area contributed by atoms with Crippen molar-refractivity contribution in [2.45, 2.75) is 19.9 Å². The Kier molecular flexibility index (Phi) is 4.57. The summed E-state index contributed by atoms with van der Waals surface area (Å²) < 4.78 is 0. The maximum Gasteiger partial charge on any atom is 0.254 e. The van der Waals surface area contributed by atoms with Gasteiger partial charge in [0.05, 0.1) is 6.54 Å². The van der Waals surface area contributed by atoms with Gasteiger partial charge in [0.2, 0.25) is 0 Å². The molecule has 0 heterocycles. The Bertz CT molecular complexity index is 500. The van der Waals surface area contributed by atoms with Crippen LogP contribution in [0.5, 0.6) is 11.5 Å². The first-order valence-electron chi connectivity index (χ1n) is 5.66. The number of phenols is 2. The van der Waals surface area contributed by atoms with Gasteiger partial charge in [-0.3, -0.25) is 4.79 Å². The summed E-state index contributed by atoms with van der Waals surface area (Å²) in [6.07, 6.45) is 0. The molecule has 104 valence electrons. The summed E-state index contributed by atoms with van der Waals surface area (Å²) in [5.41, 5.74) is 5.60. The van der Waals surface area contributed by atoms with Crippen LogP contribution in [-0.4, -0.2) is 44.6 Å². The molecule has 0 atom stereocenters. The summed E-state index contributed by atoms with van der Waals surface area (Å²) in [5, 5.41) is 30.0. The topological polar surface area (TPSA) is 119 Å². The van der Waals surface area contributed by atoms with E-state index in [2.05, 4.69) is 5.16 Å². The van der Waals surface area contributed by atoms with E-state index in [9.17, 15) is 15.0 Å². The van der Waals surface area contributed by atoms with Crippen LogP contribution in [0, 0.1) is 0 Å². The Hall–Kier alpha value is -2.44. The van der Waals surface area contributed by atoms with Crippen LogP contribution in [-0.2, 0) is 0 Å². The van der Waals surface area contributed by atoms with Crippen molar-refractivity contribution in [3.05, 3.63) is 23.8 Å². The lowest BCUT2D eigenvalue weighted by molar-refractivity contribution is 0.0733. The van der Waals surface area contributed by atoms with E-state index in [1.807, 2.05) is 0 Å². The molecule has 1 amide bonds. The van der Waals surface area contributed by atoms with Gasteiger partial charge >= 0.3 is 0 Å². The SMILES string of the molecule is CC(C)N(C/C(N)=N/O)C(=O)c1ccc(O)c(O)c1. The fraction of sp³-hybridized carbons (Fsp3) is 0.333. The normalized spacial score (nSPS) is 11.6. The summed E-state index contributed by atoms with van der Waals surface area (Å²) >= 11 is 0. The molecule has 0 spiro atoms. The van der Waals surface area contributed by atoms with Crippen LogP contribution in [0.4, 0.5) is 0 Å². The summed E-state index contributed by atoms with van der Waals surface area (Å²) in [4.78, 5) is 13.6.